The van der Waals surface area contributed by atoms with Crippen molar-refractivity contribution in [2.45, 2.75) is 20.8 Å². The smallest absolute Gasteiger partial charge is 0.261 e. The van der Waals surface area contributed by atoms with Crippen molar-refractivity contribution in [3.63, 3.8) is 0 Å². The topological polar surface area (TPSA) is 68.0 Å². The number of anilines is 1. The third kappa shape index (κ3) is 2.78. The van der Waals surface area contributed by atoms with E-state index in [1.165, 1.54) is 23.2 Å². The molecule has 0 aliphatic carbocycles. The van der Waals surface area contributed by atoms with Crippen LogP contribution in [0.25, 0.3) is 10.6 Å². The van der Waals surface area contributed by atoms with E-state index < -0.39 is 0 Å². The van der Waals surface area contributed by atoms with Gasteiger partial charge in [-0.3, -0.25) is 10.1 Å². The van der Waals surface area contributed by atoms with Gasteiger partial charge in [-0.05, 0) is 32.4 Å². The van der Waals surface area contributed by atoms with E-state index in [1.807, 2.05) is 19.1 Å². The van der Waals surface area contributed by atoms with Crippen LogP contribution in [0.5, 0.6) is 0 Å². The van der Waals surface area contributed by atoms with Crippen LogP contribution < -0.4 is 5.32 Å². The number of aryl methyl sites for hydroxylation is 3. The zero-order valence-electron chi connectivity index (χ0n) is 12.5. The second-order valence-corrected chi connectivity index (χ2v) is 6.05. The summed E-state index contributed by atoms with van der Waals surface area (Å²) in [7, 11) is 0. The van der Waals surface area contributed by atoms with Crippen molar-refractivity contribution in [1.82, 2.24) is 10.2 Å². The van der Waals surface area contributed by atoms with Gasteiger partial charge in [0.15, 0.2) is 0 Å². The van der Waals surface area contributed by atoms with E-state index in [9.17, 15) is 4.79 Å². The average molecular weight is 313 g/mol. The van der Waals surface area contributed by atoms with Gasteiger partial charge in [0.1, 0.15) is 10.8 Å². The number of hydrogen-bond acceptors (Lipinski definition) is 5. The minimum absolute atomic E-state index is 0.241. The third-order valence-corrected chi connectivity index (χ3v) is 4.23. The van der Waals surface area contributed by atoms with Gasteiger partial charge in [-0.1, -0.05) is 35.1 Å². The fourth-order valence-electron chi connectivity index (χ4n) is 2.22. The Bertz CT molecular complexity index is 836. The van der Waals surface area contributed by atoms with E-state index in [0.717, 1.165) is 16.1 Å². The van der Waals surface area contributed by atoms with Crippen molar-refractivity contribution < 1.29 is 9.21 Å². The molecule has 0 fully saturated rings. The lowest BCUT2D eigenvalue weighted by Gasteiger charge is -2.02. The van der Waals surface area contributed by atoms with Crippen LogP contribution in [0.1, 0.15) is 27.2 Å². The van der Waals surface area contributed by atoms with Crippen LogP contribution in [0.2, 0.25) is 0 Å². The summed E-state index contributed by atoms with van der Waals surface area (Å²) < 4.78 is 5.13. The maximum Gasteiger partial charge on any atom is 0.261 e. The summed E-state index contributed by atoms with van der Waals surface area (Å²) in [6, 6.07) is 7.80. The summed E-state index contributed by atoms with van der Waals surface area (Å²) in [4.78, 5) is 12.1. The predicted octanol–water partition coefficient (Wildman–Crippen LogP) is 3.98. The van der Waals surface area contributed by atoms with Crippen molar-refractivity contribution in [3.05, 3.63) is 53.0 Å². The number of hydrogen-bond donors (Lipinski definition) is 1. The Balaban J connectivity index is 1.82. The number of carbonyl (C=O) groups is 1. The van der Waals surface area contributed by atoms with Gasteiger partial charge >= 0.3 is 0 Å². The lowest BCUT2D eigenvalue weighted by molar-refractivity contribution is 0.102. The molecule has 0 aliphatic heterocycles. The molecule has 0 bridgehead atoms. The predicted molar refractivity (Wildman–Crippen MR) is 86.2 cm³/mol. The van der Waals surface area contributed by atoms with Crippen LogP contribution in [0.4, 0.5) is 5.13 Å². The monoisotopic (exact) mass is 313 g/mol. The highest BCUT2D eigenvalue weighted by molar-refractivity contribution is 7.18. The zero-order valence-corrected chi connectivity index (χ0v) is 13.3. The van der Waals surface area contributed by atoms with E-state index in [-0.39, 0.29) is 5.91 Å². The number of aromatic nitrogens is 2. The molecule has 3 rings (SSSR count). The highest BCUT2D eigenvalue weighted by Crippen LogP contribution is 2.29. The first-order chi connectivity index (χ1) is 10.5. The van der Waals surface area contributed by atoms with Gasteiger partial charge in [0.2, 0.25) is 5.13 Å². The molecule has 0 saturated heterocycles. The van der Waals surface area contributed by atoms with Crippen molar-refractivity contribution in [2.75, 3.05) is 5.32 Å². The van der Waals surface area contributed by atoms with Crippen LogP contribution in [0.3, 0.4) is 0 Å². The molecule has 1 N–H and O–H groups in total. The number of benzene rings is 1. The molecule has 112 valence electrons. The van der Waals surface area contributed by atoms with Gasteiger partial charge in [0.05, 0.1) is 11.8 Å². The van der Waals surface area contributed by atoms with Gasteiger partial charge in [0, 0.05) is 5.56 Å². The van der Waals surface area contributed by atoms with E-state index in [4.69, 9.17) is 4.42 Å². The van der Waals surface area contributed by atoms with Crippen molar-refractivity contribution in [1.29, 1.82) is 0 Å². The van der Waals surface area contributed by atoms with Gasteiger partial charge in [0.25, 0.3) is 5.91 Å². The first-order valence-electron chi connectivity index (χ1n) is 6.81. The Kier molecular flexibility index (Phi) is 3.77. The highest BCUT2D eigenvalue weighted by atomic mass is 32.1. The molecule has 1 amide bonds. The molecule has 0 aliphatic rings. The first-order valence-corrected chi connectivity index (χ1v) is 7.63. The van der Waals surface area contributed by atoms with Crippen molar-refractivity contribution >= 4 is 22.4 Å². The molecular formula is C16H15N3O2S. The lowest BCUT2D eigenvalue weighted by Crippen LogP contribution is -2.11. The Morgan fingerprint density at radius 1 is 1.18 bits per heavy atom. The number of furan rings is 1. The summed E-state index contributed by atoms with van der Waals surface area (Å²) >= 11 is 1.35. The zero-order chi connectivity index (χ0) is 15.7. The minimum Gasteiger partial charge on any atom is -0.469 e. The number of amides is 1. The summed E-state index contributed by atoms with van der Waals surface area (Å²) in [6.07, 6.45) is 1.49. The molecular weight excluding hydrogens is 298 g/mol. The van der Waals surface area contributed by atoms with Crippen molar-refractivity contribution in [2.24, 2.45) is 0 Å². The summed E-state index contributed by atoms with van der Waals surface area (Å²) in [5, 5.41) is 12.2. The maximum atomic E-state index is 12.1. The quantitative estimate of drug-likeness (QED) is 0.794. The Hall–Kier alpha value is -2.47. The Labute approximate surface area is 132 Å². The maximum absolute atomic E-state index is 12.1. The second kappa shape index (κ2) is 5.73. The van der Waals surface area contributed by atoms with Crippen LogP contribution in [0, 0.1) is 20.8 Å². The van der Waals surface area contributed by atoms with E-state index >= 15 is 0 Å². The van der Waals surface area contributed by atoms with E-state index in [1.54, 1.807) is 13.0 Å². The average Bonchev–Trinajstić information content (AvgIpc) is 3.08. The van der Waals surface area contributed by atoms with E-state index in [0.29, 0.717) is 16.5 Å². The largest absolute Gasteiger partial charge is 0.469 e. The van der Waals surface area contributed by atoms with Gasteiger partial charge in [-0.25, -0.2) is 0 Å². The molecule has 0 atom stereocenters. The fraction of sp³-hybridized carbons (Fsp3) is 0.188. The van der Waals surface area contributed by atoms with Gasteiger partial charge in [-0.2, -0.15) is 0 Å². The van der Waals surface area contributed by atoms with Crippen LogP contribution in [-0.2, 0) is 0 Å². The Morgan fingerprint density at radius 2 is 2.00 bits per heavy atom. The minimum atomic E-state index is -0.241. The summed E-state index contributed by atoms with van der Waals surface area (Å²) in [5.41, 5.74) is 3.88. The lowest BCUT2D eigenvalue weighted by atomic mass is 10.1. The third-order valence-electron chi connectivity index (χ3n) is 3.36. The molecule has 22 heavy (non-hydrogen) atoms. The molecule has 5 nitrogen and oxygen atoms in total. The highest BCUT2D eigenvalue weighted by Gasteiger charge is 2.15. The van der Waals surface area contributed by atoms with E-state index in [2.05, 4.69) is 28.5 Å². The van der Waals surface area contributed by atoms with Gasteiger partial charge < -0.3 is 4.42 Å². The SMILES string of the molecule is Cc1ccc(-c2nnc(NC(=O)c3ccoc3C)s2)c(C)c1. The molecule has 0 saturated carbocycles. The molecule has 3 aromatic rings. The molecule has 2 aromatic heterocycles. The van der Waals surface area contributed by atoms with Crippen LogP contribution in [-0.4, -0.2) is 16.1 Å². The second-order valence-electron chi connectivity index (χ2n) is 5.08. The number of nitrogens with one attached hydrogen (secondary N) is 1. The number of carbonyl (C=O) groups excluding carboxylic acids is 1. The molecule has 0 unspecified atom stereocenters. The molecule has 0 radical (unpaired) electrons. The molecule has 1 aromatic carbocycles. The van der Waals surface area contributed by atoms with Gasteiger partial charge in [-0.15, -0.1) is 10.2 Å². The number of rotatable bonds is 3. The normalized spacial score (nSPS) is 10.7. The molecule has 0 spiro atoms. The molecule has 6 heteroatoms. The van der Waals surface area contributed by atoms with Crippen LogP contribution in [0.15, 0.2) is 34.9 Å². The fourth-order valence-corrected chi connectivity index (χ4v) is 3.05. The molecule has 2 heterocycles. The van der Waals surface area contributed by atoms with Crippen molar-refractivity contribution in [3.8, 4) is 10.6 Å². The standard InChI is InChI=1S/C16H15N3O2S/c1-9-4-5-12(10(2)8-9)15-18-19-16(22-15)17-14(20)13-6-7-21-11(13)3/h4-8H,1-3H3,(H,17,19,20). The first kappa shape index (κ1) is 14.5. The number of nitrogens with zero attached hydrogens (tertiary/aromatic N) is 2. The summed E-state index contributed by atoms with van der Waals surface area (Å²) in [6.45, 7) is 5.84. The van der Waals surface area contributed by atoms with Crippen LogP contribution >= 0.6 is 11.3 Å². The summed E-state index contributed by atoms with van der Waals surface area (Å²) in [5.74, 6) is 0.339. The Morgan fingerprint density at radius 3 is 2.68 bits per heavy atom.